The summed E-state index contributed by atoms with van der Waals surface area (Å²) in [6.45, 7) is 1.88. The molecule has 0 aliphatic rings. The molecule has 12 heavy (non-hydrogen) atoms. The lowest BCUT2D eigenvalue weighted by Gasteiger charge is -2.05. The minimum absolute atomic E-state index is 0.0625. The number of hydrogen-bond acceptors (Lipinski definition) is 1. The molecule has 0 amide bonds. The van der Waals surface area contributed by atoms with E-state index in [-0.39, 0.29) is 5.92 Å². The van der Waals surface area contributed by atoms with Crippen LogP contribution in [0.25, 0.3) is 0 Å². The van der Waals surface area contributed by atoms with Crippen molar-refractivity contribution in [3.63, 3.8) is 0 Å². The van der Waals surface area contributed by atoms with Gasteiger partial charge in [0, 0.05) is 8.95 Å². The highest BCUT2D eigenvalue weighted by Crippen LogP contribution is 2.27. The van der Waals surface area contributed by atoms with Gasteiger partial charge in [-0.05, 0) is 24.6 Å². The molecule has 1 nitrogen and oxygen atoms in total. The van der Waals surface area contributed by atoms with Crippen molar-refractivity contribution < 1.29 is 0 Å². The van der Waals surface area contributed by atoms with Crippen LogP contribution in [0, 0.1) is 11.3 Å². The summed E-state index contributed by atoms with van der Waals surface area (Å²) < 4.78 is 1.99. The van der Waals surface area contributed by atoms with Gasteiger partial charge < -0.3 is 0 Å². The zero-order chi connectivity index (χ0) is 9.14. The first kappa shape index (κ1) is 9.76. The topological polar surface area (TPSA) is 23.8 Å². The van der Waals surface area contributed by atoms with Crippen LogP contribution >= 0.6 is 31.9 Å². The molecule has 1 aromatic carbocycles. The monoisotopic (exact) mass is 287 g/mol. The summed E-state index contributed by atoms with van der Waals surface area (Å²) in [5, 5.41) is 8.70. The molecule has 62 valence electrons. The first-order chi connectivity index (χ1) is 5.65. The van der Waals surface area contributed by atoms with Gasteiger partial charge in [0.1, 0.15) is 0 Å². The van der Waals surface area contributed by atoms with Crippen LogP contribution in [-0.2, 0) is 0 Å². The number of nitriles is 1. The largest absolute Gasteiger partial charge is 0.198 e. The maximum Gasteiger partial charge on any atom is 0.0701 e. The molecular weight excluding hydrogens is 282 g/mol. The lowest BCUT2D eigenvalue weighted by Crippen LogP contribution is -1.90. The summed E-state index contributed by atoms with van der Waals surface area (Å²) in [4.78, 5) is 0. The predicted octanol–water partition coefficient (Wildman–Crippen LogP) is 3.84. The van der Waals surface area contributed by atoms with E-state index in [2.05, 4.69) is 37.9 Å². The van der Waals surface area contributed by atoms with Gasteiger partial charge in [-0.3, -0.25) is 0 Å². The van der Waals surface area contributed by atoms with Gasteiger partial charge in [0.15, 0.2) is 0 Å². The Morgan fingerprint density at radius 3 is 2.58 bits per heavy atom. The molecule has 1 unspecified atom stereocenters. The van der Waals surface area contributed by atoms with Gasteiger partial charge in [0.2, 0.25) is 0 Å². The van der Waals surface area contributed by atoms with Crippen molar-refractivity contribution in [2.24, 2.45) is 0 Å². The predicted molar refractivity (Wildman–Crippen MR) is 55.9 cm³/mol. The summed E-state index contributed by atoms with van der Waals surface area (Å²) in [5.41, 5.74) is 1.03. The number of halogens is 2. The summed E-state index contributed by atoms with van der Waals surface area (Å²) in [6.07, 6.45) is 0. The van der Waals surface area contributed by atoms with Crippen molar-refractivity contribution in [3.8, 4) is 6.07 Å². The van der Waals surface area contributed by atoms with Gasteiger partial charge in [-0.25, -0.2) is 0 Å². The van der Waals surface area contributed by atoms with E-state index in [4.69, 9.17) is 5.26 Å². The number of rotatable bonds is 1. The Labute approximate surface area is 88.7 Å². The van der Waals surface area contributed by atoms with Gasteiger partial charge in [-0.2, -0.15) is 5.26 Å². The van der Waals surface area contributed by atoms with Gasteiger partial charge >= 0.3 is 0 Å². The van der Waals surface area contributed by atoms with E-state index in [9.17, 15) is 0 Å². The second-order valence-electron chi connectivity index (χ2n) is 2.52. The maximum atomic E-state index is 8.70. The molecule has 0 saturated carbocycles. The van der Waals surface area contributed by atoms with E-state index in [1.807, 2.05) is 25.1 Å². The molecular formula is C9H7Br2N. The van der Waals surface area contributed by atoms with Crippen molar-refractivity contribution in [2.75, 3.05) is 0 Å². The second-order valence-corrected chi connectivity index (χ2v) is 4.29. The van der Waals surface area contributed by atoms with E-state index in [1.54, 1.807) is 0 Å². The third-order valence-corrected chi connectivity index (χ3v) is 2.80. The van der Waals surface area contributed by atoms with Crippen molar-refractivity contribution in [2.45, 2.75) is 12.8 Å². The van der Waals surface area contributed by atoms with Crippen LogP contribution in [0.15, 0.2) is 27.1 Å². The van der Waals surface area contributed by atoms with Crippen LogP contribution in [0.4, 0.5) is 0 Å². The molecule has 0 radical (unpaired) electrons. The minimum Gasteiger partial charge on any atom is -0.198 e. The molecule has 0 heterocycles. The smallest absolute Gasteiger partial charge is 0.0701 e. The Kier molecular flexibility index (Phi) is 3.30. The molecule has 1 rings (SSSR count). The molecule has 0 saturated heterocycles. The normalized spacial score (nSPS) is 12.2. The minimum atomic E-state index is -0.0625. The fourth-order valence-corrected chi connectivity index (χ4v) is 2.31. The highest BCUT2D eigenvalue weighted by Gasteiger charge is 2.07. The maximum absolute atomic E-state index is 8.70. The first-order valence-corrected chi connectivity index (χ1v) is 5.08. The molecule has 0 aromatic heterocycles. The van der Waals surface area contributed by atoms with Crippen LogP contribution < -0.4 is 0 Å². The van der Waals surface area contributed by atoms with Crippen LogP contribution in [0.1, 0.15) is 18.4 Å². The number of benzene rings is 1. The average Bonchev–Trinajstić information content (AvgIpc) is 2.03. The van der Waals surface area contributed by atoms with E-state index < -0.39 is 0 Å². The Balaban J connectivity index is 3.11. The van der Waals surface area contributed by atoms with E-state index in [0.717, 1.165) is 14.5 Å². The summed E-state index contributed by atoms with van der Waals surface area (Å²) in [6, 6.07) is 8.03. The Morgan fingerprint density at radius 1 is 1.42 bits per heavy atom. The van der Waals surface area contributed by atoms with Gasteiger partial charge in [0.25, 0.3) is 0 Å². The highest BCUT2D eigenvalue weighted by atomic mass is 79.9. The van der Waals surface area contributed by atoms with Crippen molar-refractivity contribution in [3.05, 3.63) is 32.7 Å². The molecule has 1 atom stereocenters. The number of nitrogens with zero attached hydrogens (tertiary/aromatic N) is 1. The summed E-state index contributed by atoms with van der Waals surface area (Å²) in [5.74, 6) is -0.0625. The van der Waals surface area contributed by atoms with Crippen LogP contribution in [0.5, 0.6) is 0 Å². The van der Waals surface area contributed by atoms with Crippen molar-refractivity contribution in [1.82, 2.24) is 0 Å². The third kappa shape index (κ3) is 2.09. The SMILES string of the molecule is CC(C#N)c1ccc(Br)cc1Br. The van der Waals surface area contributed by atoms with E-state index in [0.29, 0.717) is 0 Å². The Morgan fingerprint density at radius 2 is 2.08 bits per heavy atom. The Hall–Kier alpha value is -0.330. The lowest BCUT2D eigenvalue weighted by molar-refractivity contribution is 0.973. The van der Waals surface area contributed by atoms with Gasteiger partial charge in [0.05, 0.1) is 12.0 Å². The molecule has 3 heteroatoms. The van der Waals surface area contributed by atoms with Gasteiger partial charge in [-0.15, -0.1) is 0 Å². The van der Waals surface area contributed by atoms with E-state index >= 15 is 0 Å². The first-order valence-electron chi connectivity index (χ1n) is 3.49. The summed E-state index contributed by atoms with van der Waals surface area (Å²) >= 11 is 6.76. The second kappa shape index (κ2) is 4.06. The lowest BCUT2D eigenvalue weighted by atomic mass is 10.0. The van der Waals surface area contributed by atoms with E-state index in [1.165, 1.54) is 0 Å². The van der Waals surface area contributed by atoms with Gasteiger partial charge in [-0.1, -0.05) is 37.9 Å². The molecule has 1 aromatic rings. The molecule has 0 N–H and O–H groups in total. The molecule has 0 bridgehead atoms. The number of hydrogen-bond donors (Lipinski definition) is 0. The fraction of sp³-hybridized carbons (Fsp3) is 0.222. The van der Waals surface area contributed by atoms with Crippen molar-refractivity contribution >= 4 is 31.9 Å². The highest BCUT2D eigenvalue weighted by molar-refractivity contribution is 9.11. The third-order valence-electron chi connectivity index (χ3n) is 1.62. The standard InChI is InChI=1S/C9H7Br2N/c1-6(5-12)8-3-2-7(10)4-9(8)11/h2-4,6H,1H3. The molecule has 0 spiro atoms. The van der Waals surface area contributed by atoms with Crippen molar-refractivity contribution in [1.29, 1.82) is 5.26 Å². The zero-order valence-electron chi connectivity index (χ0n) is 6.51. The molecule has 0 aliphatic carbocycles. The molecule has 0 fully saturated rings. The zero-order valence-corrected chi connectivity index (χ0v) is 9.68. The van der Waals surface area contributed by atoms with Crippen LogP contribution in [0.2, 0.25) is 0 Å². The Bertz CT molecular complexity index is 328. The van der Waals surface area contributed by atoms with Crippen LogP contribution in [0.3, 0.4) is 0 Å². The quantitative estimate of drug-likeness (QED) is 0.770. The molecule has 0 aliphatic heterocycles. The van der Waals surface area contributed by atoms with Crippen LogP contribution in [-0.4, -0.2) is 0 Å². The average molecular weight is 289 g/mol. The fourth-order valence-electron chi connectivity index (χ4n) is 0.922. The summed E-state index contributed by atoms with van der Waals surface area (Å²) in [7, 11) is 0.